The molecule has 0 aliphatic carbocycles. The molecule has 0 saturated carbocycles. The van der Waals surface area contributed by atoms with E-state index in [9.17, 15) is 13.2 Å². The Morgan fingerprint density at radius 1 is 1.07 bits per heavy atom. The van der Waals surface area contributed by atoms with Crippen LogP contribution >= 0.6 is 22.6 Å². The average Bonchev–Trinajstić information content (AvgIpc) is 2.68. The first kappa shape index (κ1) is 20.1. The number of hydrazone groups is 1. The summed E-state index contributed by atoms with van der Waals surface area (Å²) in [6.45, 7) is 0.478. The fraction of sp³-hybridized carbons (Fsp3) is 0.100. The Labute approximate surface area is 173 Å². The molecule has 0 saturated heterocycles. The van der Waals surface area contributed by atoms with Gasteiger partial charge in [0.2, 0.25) is 0 Å². The summed E-state index contributed by atoms with van der Waals surface area (Å²) in [5.74, 6) is 0.987. The summed E-state index contributed by atoms with van der Waals surface area (Å²) >= 11 is 2.18. The van der Waals surface area contributed by atoms with Crippen molar-refractivity contribution in [1.82, 2.24) is 4.98 Å². The van der Waals surface area contributed by atoms with Gasteiger partial charge in [-0.2, -0.15) is 18.3 Å². The second-order valence-corrected chi connectivity index (χ2v) is 6.93. The molecule has 1 heterocycles. The van der Waals surface area contributed by atoms with Gasteiger partial charge in [-0.05, 0) is 64.0 Å². The molecule has 28 heavy (non-hydrogen) atoms. The van der Waals surface area contributed by atoms with E-state index in [-0.39, 0.29) is 5.82 Å². The molecule has 0 fully saturated rings. The zero-order valence-electron chi connectivity index (χ0n) is 14.4. The van der Waals surface area contributed by atoms with Crippen LogP contribution in [0.3, 0.4) is 0 Å². The predicted octanol–water partition coefficient (Wildman–Crippen LogP) is 5.73. The summed E-state index contributed by atoms with van der Waals surface area (Å²) in [5.41, 5.74) is 3.70. The summed E-state index contributed by atoms with van der Waals surface area (Å²) in [6, 6.07) is 17.6. The standard InChI is InChI=1S/C20H15F3IN3O/c21-20(22,23)16-7-9-19(25-12-16)27-26-11-15-6-8-18(17(24)10-15)28-13-14-4-2-1-3-5-14/h1-12H,13H2,(H,25,27)/b26-11-. The van der Waals surface area contributed by atoms with Crippen LogP contribution in [0.1, 0.15) is 16.7 Å². The van der Waals surface area contributed by atoms with Crippen LogP contribution < -0.4 is 10.2 Å². The lowest BCUT2D eigenvalue weighted by Gasteiger charge is -2.09. The van der Waals surface area contributed by atoms with Gasteiger partial charge in [-0.1, -0.05) is 30.3 Å². The van der Waals surface area contributed by atoms with Crippen molar-refractivity contribution in [3.05, 3.63) is 87.1 Å². The number of nitrogens with one attached hydrogen (secondary N) is 1. The second kappa shape index (κ2) is 9.05. The number of aromatic nitrogens is 1. The maximum absolute atomic E-state index is 12.5. The molecule has 0 unspecified atom stereocenters. The average molecular weight is 497 g/mol. The third-order valence-corrected chi connectivity index (χ3v) is 4.52. The highest BCUT2D eigenvalue weighted by Gasteiger charge is 2.30. The SMILES string of the molecule is FC(F)(F)c1ccc(N/N=C\c2ccc(OCc3ccccc3)c(I)c2)nc1. The van der Waals surface area contributed by atoms with Gasteiger partial charge in [0.1, 0.15) is 18.2 Å². The number of alkyl halides is 3. The van der Waals surface area contributed by atoms with E-state index in [0.717, 1.165) is 32.7 Å². The Morgan fingerprint density at radius 2 is 1.86 bits per heavy atom. The molecule has 0 amide bonds. The van der Waals surface area contributed by atoms with Crippen LogP contribution in [0.5, 0.6) is 5.75 Å². The summed E-state index contributed by atoms with van der Waals surface area (Å²) in [4.78, 5) is 3.69. The first-order valence-corrected chi connectivity index (χ1v) is 9.28. The van der Waals surface area contributed by atoms with Crippen molar-refractivity contribution in [1.29, 1.82) is 0 Å². The van der Waals surface area contributed by atoms with Crippen LogP contribution in [0.25, 0.3) is 0 Å². The van der Waals surface area contributed by atoms with Crippen molar-refractivity contribution in [2.75, 3.05) is 5.43 Å². The van der Waals surface area contributed by atoms with Gasteiger partial charge in [-0.15, -0.1) is 0 Å². The molecule has 3 rings (SSSR count). The van der Waals surface area contributed by atoms with Gasteiger partial charge in [0.25, 0.3) is 0 Å². The molecule has 1 aromatic heterocycles. The number of pyridine rings is 1. The van der Waals surface area contributed by atoms with E-state index in [1.165, 1.54) is 6.07 Å². The molecule has 144 valence electrons. The van der Waals surface area contributed by atoms with E-state index in [0.29, 0.717) is 6.61 Å². The van der Waals surface area contributed by atoms with Crippen molar-refractivity contribution in [3.8, 4) is 5.75 Å². The second-order valence-electron chi connectivity index (χ2n) is 5.76. The molecule has 3 aromatic rings. The lowest BCUT2D eigenvalue weighted by molar-refractivity contribution is -0.137. The van der Waals surface area contributed by atoms with Crippen molar-refractivity contribution < 1.29 is 17.9 Å². The summed E-state index contributed by atoms with van der Waals surface area (Å²) < 4.78 is 44.3. The van der Waals surface area contributed by atoms with Crippen molar-refractivity contribution in [2.45, 2.75) is 12.8 Å². The molecule has 2 aromatic carbocycles. The van der Waals surface area contributed by atoms with Gasteiger partial charge in [0.05, 0.1) is 15.3 Å². The molecule has 8 heteroatoms. The minimum absolute atomic E-state index is 0.224. The van der Waals surface area contributed by atoms with Gasteiger partial charge in [-0.25, -0.2) is 4.98 Å². The highest BCUT2D eigenvalue weighted by Crippen LogP contribution is 2.28. The third-order valence-electron chi connectivity index (χ3n) is 3.68. The molecular weight excluding hydrogens is 482 g/mol. The normalized spacial score (nSPS) is 11.6. The van der Waals surface area contributed by atoms with Crippen LogP contribution in [0.4, 0.5) is 19.0 Å². The van der Waals surface area contributed by atoms with E-state index in [1.807, 2.05) is 48.5 Å². The minimum Gasteiger partial charge on any atom is -0.488 e. The zero-order chi connectivity index (χ0) is 20.0. The van der Waals surface area contributed by atoms with Crippen molar-refractivity contribution in [3.63, 3.8) is 0 Å². The lowest BCUT2D eigenvalue weighted by Crippen LogP contribution is -2.05. The largest absolute Gasteiger partial charge is 0.488 e. The first-order valence-electron chi connectivity index (χ1n) is 8.20. The van der Waals surface area contributed by atoms with Gasteiger partial charge in [0, 0.05) is 6.20 Å². The van der Waals surface area contributed by atoms with E-state index >= 15 is 0 Å². The number of nitrogens with zero attached hydrogens (tertiary/aromatic N) is 2. The molecule has 0 aliphatic heterocycles. The minimum atomic E-state index is -4.41. The van der Waals surface area contributed by atoms with Gasteiger partial charge in [0.15, 0.2) is 0 Å². The van der Waals surface area contributed by atoms with Crippen LogP contribution in [0, 0.1) is 3.57 Å². The number of ether oxygens (including phenoxy) is 1. The molecule has 0 radical (unpaired) electrons. The Morgan fingerprint density at radius 3 is 2.50 bits per heavy atom. The third kappa shape index (κ3) is 5.69. The molecular formula is C20H15F3IN3O. The van der Waals surface area contributed by atoms with Crippen LogP contribution in [-0.2, 0) is 12.8 Å². The van der Waals surface area contributed by atoms with E-state index in [2.05, 4.69) is 38.1 Å². The lowest BCUT2D eigenvalue weighted by atomic mass is 10.2. The zero-order valence-corrected chi connectivity index (χ0v) is 16.6. The maximum atomic E-state index is 12.5. The van der Waals surface area contributed by atoms with Gasteiger partial charge < -0.3 is 4.74 Å². The molecule has 0 spiro atoms. The smallest absolute Gasteiger partial charge is 0.417 e. The van der Waals surface area contributed by atoms with E-state index < -0.39 is 11.7 Å². The van der Waals surface area contributed by atoms with Crippen LogP contribution in [0.2, 0.25) is 0 Å². The molecule has 4 nitrogen and oxygen atoms in total. The highest BCUT2D eigenvalue weighted by atomic mass is 127. The fourth-order valence-corrected chi connectivity index (χ4v) is 2.95. The fourth-order valence-electron chi connectivity index (χ4n) is 2.25. The number of rotatable bonds is 6. The quantitative estimate of drug-likeness (QED) is 0.269. The monoisotopic (exact) mass is 497 g/mol. The van der Waals surface area contributed by atoms with Crippen molar-refractivity contribution >= 4 is 34.6 Å². The summed E-state index contributed by atoms with van der Waals surface area (Å²) in [7, 11) is 0. The molecule has 0 aliphatic rings. The predicted molar refractivity (Wildman–Crippen MR) is 110 cm³/mol. The highest BCUT2D eigenvalue weighted by molar-refractivity contribution is 14.1. The number of hydrogen-bond donors (Lipinski definition) is 1. The number of hydrogen-bond acceptors (Lipinski definition) is 4. The van der Waals surface area contributed by atoms with E-state index in [1.54, 1.807) is 6.21 Å². The maximum Gasteiger partial charge on any atom is 0.417 e. The summed E-state index contributed by atoms with van der Waals surface area (Å²) in [6.07, 6.45) is -2.09. The Hall–Kier alpha value is -2.62. The first-order chi connectivity index (χ1) is 13.4. The molecule has 0 atom stereocenters. The van der Waals surface area contributed by atoms with Crippen LogP contribution in [0.15, 0.2) is 72.0 Å². The number of halogens is 4. The Bertz CT molecular complexity index is 945. The molecule has 1 N–H and O–H groups in total. The van der Waals surface area contributed by atoms with Crippen molar-refractivity contribution in [2.24, 2.45) is 5.10 Å². The molecule has 0 bridgehead atoms. The van der Waals surface area contributed by atoms with Crippen LogP contribution in [-0.4, -0.2) is 11.2 Å². The van der Waals surface area contributed by atoms with E-state index in [4.69, 9.17) is 4.74 Å². The topological polar surface area (TPSA) is 46.5 Å². The number of benzene rings is 2. The Kier molecular flexibility index (Phi) is 6.50. The number of anilines is 1. The van der Waals surface area contributed by atoms with Gasteiger partial charge in [-0.3, -0.25) is 5.43 Å². The Balaban J connectivity index is 1.58. The summed E-state index contributed by atoms with van der Waals surface area (Å²) in [5, 5.41) is 4.01. The van der Waals surface area contributed by atoms with Gasteiger partial charge >= 0.3 is 6.18 Å².